The largest absolute Gasteiger partial charge is 0.457 e. The maximum Gasteiger partial charge on any atom is 0.338 e. The van der Waals surface area contributed by atoms with Gasteiger partial charge in [-0.3, -0.25) is 19.8 Å². The van der Waals surface area contributed by atoms with Gasteiger partial charge in [-0.2, -0.15) is 0 Å². The second-order valence-electron chi connectivity index (χ2n) is 7.37. The number of rotatable bonds is 5. The van der Waals surface area contributed by atoms with Crippen LogP contribution in [-0.4, -0.2) is 23.7 Å². The van der Waals surface area contributed by atoms with Gasteiger partial charge in [-0.25, -0.2) is 14.6 Å². The predicted molar refractivity (Wildman–Crippen MR) is 117 cm³/mol. The molecule has 2 N–H and O–H groups in total. The Kier molecular flexibility index (Phi) is 5.90. The van der Waals surface area contributed by atoms with Gasteiger partial charge in [0.2, 0.25) is 17.7 Å². The number of anilines is 2. The number of fused-ring (bicyclic) bond motifs is 1. The SMILES string of the molecule is CC(=O)Nc1ccc2c(COC(=O)c3ccc(N4NC(=O)CCC4=O)cc3)cc(=O)oc2c1. The molecule has 1 aliphatic heterocycles. The lowest BCUT2D eigenvalue weighted by atomic mass is 10.1. The molecule has 1 fully saturated rings. The number of carbonyl (C=O) groups is 4. The van der Waals surface area contributed by atoms with E-state index in [2.05, 4.69) is 10.7 Å². The van der Waals surface area contributed by atoms with Crippen LogP contribution < -0.4 is 21.4 Å². The van der Waals surface area contributed by atoms with Crippen LogP contribution >= 0.6 is 0 Å². The molecule has 0 unspecified atom stereocenters. The van der Waals surface area contributed by atoms with Crippen molar-refractivity contribution in [3.8, 4) is 0 Å². The highest BCUT2D eigenvalue weighted by atomic mass is 16.5. The van der Waals surface area contributed by atoms with Crippen LogP contribution in [0.5, 0.6) is 0 Å². The van der Waals surface area contributed by atoms with Crippen LogP contribution in [0, 0.1) is 0 Å². The van der Waals surface area contributed by atoms with Crippen molar-refractivity contribution in [2.75, 3.05) is 10.3 Å². The molecule has 10 heteroatoms. The maximum atomic E-state index is 12.5. The number of nitrogens with zero attached hydrogens (tertiary/aromatic N) is 1. The standard InChI is InChI=1S/C23H19N3O7/c1-13(27)24-16-4-7-18-15(10-22(30)33-19(18)11-16)12-32-23(31)14-2-5-17(6-3-14)26-21(29)9-8-20(28)25-26/h2-7,10-11H,8-9,12H2,1H3,(H,24,27)(H,25,28). The fourth-order valence-corrected chi connectivity index (χ4v) is 3.39. The number of nitrogens with one attached hydrogen (secondary N) is 2. The van der Waals surface area contributed by atoms with Crippen molar-refractivity contribution >= 4 is 46.0 Å². The molecule has 1 saturated heterocycles. The third-order valence-corrected chi connectivity index (χ3v) is 4.92. The first kappa shape index (κ1) is 21.8. The molecule has 1 aromatic heterocycles. The Morgan fingerprint density at radius 3 is 2.55 bits per heavy atom. The van der Waals surface area contributed by atoms with E-state index in [1.54, 1.807) is 12.1 Å². The highest BCUT2D eigenvalue weighted by Gasteiger charge is 2.24. The number of ether oxygens (including phenoxy) is 1. The van der Waals surface area contributed by atoms with Crippen molar-refractivity contribution in [3.63, 3.8) is 0 Å². The summed E-state index contributed by atoms with van der Waals surface area (Å²) in [6.45, 7) is 1.19. The zero-order valence-electron chi connectivity index (χ0n) is 17.5. The summed E-state index contributed by atoms with van der Waals surface area (Å²) in [4.78, 5) is 59.2. The topological polar surface area (TPSA) is 135 Å². The van der Waals surface area contributed by atoms with Gasteiger partial charge in [0.15, 0.2) is 0 Å². The minimum absolute atomic E-state index is 0.112. The Labute approximate surface area is 187 Å². The summed E-state index contributed by atoms with van der Waals surface area (Å²) in [5.74, 6) is -1.41. The average molecular weight is 449 g/mol. The number of hydrogen-bond acceptors (Lipinski definition) is 7. The smallest absolute Gasteiger partial charge is 0.338 e. The Balaban J connectivity index is 1.48. The molecule has 2 aromatic carbocycles. The monoisotopic (exact) mass is 449 g/mol. The lowest BCUT2D eigenvalue weighted by Crippen LogP contribution is -2.50. The summed E-state index contributed by atoms with van der Waals surface area (Å²) in [7, 11) is 0. The molecule has 3 amide bonds. The number of hydrogen-bond donors (Lipinski definition) is 2. The molecule has 10 nitrogen and oxygen atoms in total. The lowest BCUT2D eigenvalue weighted by molar-refractivity contribution is -0.130. The zero-order chi connectivity index (χ0) is 23.5. The van der Waals surface area contributed by atoms with Crippen LogP contribution in [0.3, 0.4) is 0 Å². The highest BCUT2D eigenvalue weighted by Crippen LogP contribution is 2.23. The molecule has 0 atom stereocenters. The van der Waals surface area contributed by atoms with E-state index in [0.717, 1.165) is 5.01 Å². The van der Waals surface area contributed by atoms with Crippen molar-refractivity contribution in [2.24, 2.45) is 0 Å². The Hall–Kier alpha value is -4.47. The van der Waals surface area contributed by atoms with Gasteiger partial charge in [0.05, 0.1) is 11.3 Å². The van der Waals surface area contributed by atoms with E-state index in [9.17, 15) is 24.0 Å². The van der Waals surface area contributed by atoms with Gasteiger partial charge in [0.25, 0.3) is 0 Å². The van der Waals surface area contributed by atoms with E-state index in [-0.39, 0.29) is 48.3 Å². The molecule has 168 valence electrons. The third kappa shape index (κ3) is 4.90. The summed E-state index contributed by atoms with van der Waals surface area (Å²) in [6.07, 6.45) is 0.252. The van der Waals surface area contributed by atoms with Crippen molar-refractivity contribution in [1.82, 2.24) is 5.43 Å². The molecular formula is C23H19N3O7. The first-order valence-electron chi connectivity index (χ1n) is 10.0. The minimum atomic E-state index is -0.633. The van der Waals surface area contributed by atoms with Crippen LogP contribution in [-0.2, 0) is 25.7 Å². The second-order valence-corrected chi connectivity index (χ2v) is 7.37. The predicted octanol–water partition coefficient (Wildman–Crippen LogP) is 2.27. The molecule has 2 heterocycles. The fourth-order valence-electron chi connectivity index (χ4n) is 3.39. The summed E-state index contributed by atoms with van der Waals surface area (Å²) in [5, 5.41) is 4.31. The van der Waals surface area contributed by atoms with Crippen LogP contribution in [0.25, 0.3) is 11.0 Å². The highest BCUT2D eigenvalue weighted by molar-refractivity contribution is 6.01. The molecule has 33 heavy (non-hydrogen) atoms. The van der Waals surface area contributed by atoms with E-state index in [1.807, 2.05) is 0 Å². The van der Waals surface area contributed by atoms with Gasteiger partial charge in [-0.05, 0) is 36.4 Å². The van der Waals surface area contributed by atoms with Gasteiger partial charge < -0.3 is 14.5 Å². The van der Waals surface area contributed by atoms with Crippen molar-refractivity contribution in [3.05, 3.63) is 70.1 Å². The van der Waals surface area contributed by atoms with Gasteiger partial charge >= 0.3 is 11.6 Å². The second kappa shape index (κ2) is 8.95. The van der Waals surface area contributed by atoms with E-state index in [1.165, 1.54) is 43.3 Å². The van der Waals surface area contributed by atoms with Gasteiger partial charge in [0, 0.05) is 48.5 Å². The number of carbonyl (C=O) groups excluding carboxylic acids is 4. The van der Waals surface area contributed by atoms with Gasteiger partial charge in [-0.15, -0.1) is 0 Å². The molecule has 0 saturated carbocycles. The van der Waals surface area contributed by atoms with Crippen molar-refractivity contribution in [1.29, 1.82) is 0 Å². The Morgan fingerprint density at radius 1 is 1.06 bits per heavy atom. The number of benzene rings is 2. The summed E-state index contributed by atoms with van der Waals surface area (Å²) < 4.78 is 10.5. The molecular weight excluding hydrogens is 430 g/mol. The van der Waals surface area contributed by atoms with E-state index in [4.69, 9.17) is 9.15 Å². The van der Waals surface area contributed by atoms with Crippen molar-refractivity contribution < 1.29 is 28.3 Å². The van der Waals surface area contributed by atoms with Crippen LogP contribution in [0.15, 0.2) is 57.7 Å². The van der Waals surface area contributed by atoms with Gasteiger partial charge in [0.1, 0.15) is 12.2 Å². The van der Waals surface area contributed by atoms with E-state index >= 15 is 0 Å². The quantitative estimate of drug-likeness (QED) is 0.451. The maximum absolute atomic E-state index is 12.5. The summed E-state index contributed by atoms with van der Waals surface area (Å²) in [6, 6.07) is 12.1. The van der Waals surface area contributed by atoms with Crippen LogP contribution in [0.2, 0.25) is 0 Å². The first-order valence-corrected chi connectivity index (χ1v) is 10.0. The zero-order valence-corrected chi connectivity index (χ0v) is 17.5. The van der Waals surface area contributed by atoms with Gasteiger partial charge in [-0.1, -0.05) is 0 Å². The third-order valence-electron chi connectivity index (χ3n) is 4.92. The summed E-state index contributed by atoms with van der Waals surface area (Å²) in [5.41, 5.74) is 3.68. The Morgan fingerprint density at radius 2 is 1.82 bits per heavy atom. The molecule has 1 aliphatic rings. The molecule has 4 rings (SSSR count). The fraction of sp³-hybridized carbons (Fsp3) is 0.174. The lowest BCUT2D eigenvalue weighted by Gasteiger charge is -2.27. The average Bonchev–Trinajstić information content (AvgIpc) is 2.78. The molecule has 0 radical (unpaired) electrons. The van der Waals surface area contributed by atoms with Crippen LogP contribution in [0.4, 0.5) is 11.4 Å². The van der Waals surface area contributed by atoms with E-state index in [0.29, 0.717) is 22.3 Å². The molecule has 3 aromatic rings. The normalized spacial score (nSPS) is 13.5. The molecule has 0 bridgehead atoms. The number of amides is 3. The van der Waals surface area contributed by atoms with E-state index < -0.39 is 11.6 Å². The first-order chi connectivity index (χ1) is 15.8. The van der Waals surface area contributed by atoms with Crippen LogP contribution in [0.1, 0.15) is 35.7 Å². The number of esters is 1. The molecule has 0 spiro atoms. The number of hydrazine groups is 1. The van der Waals surface area contributed by atoms with Crippen molar-refractivity contribution in [2.45, 2.75) is 26.4 Å². The Bertz CT molecular complexity index is 1330. The minimum Gasteiger partial charge on any atom is -0.457 e. The molecule has 0 aliphatic carbocycles. The summed E-state index contributed by atoms with van der Waals surface area (Å²) >= 11 is 0.